The summed E-state index contributed by atoms with van der Waals surface area (Å²) in [4.78, 5) is 2.35. The Bertz CT molecular complexity index is 340. The molecule has 102 valence electrons. The predicted molar refractivity (Wildman–Crippen MR) is 76.6 cm³/mol. The molecule has 0 aromatic heterocycles. The number of nitrogens with two attached hydrogens (primary N) is 1. The van der Waals surface area contributed by atoms with Gasteiger partial charge in [-0.05, 0) is 50.6 Å². The highest BCUT2D eigenvalue weighted by molar-refractivity contribution is 5.26. The van der Waals surface area contributed by atoms with Gasteiger partial charge in [-0.15, -0.1) is 0 Å². The van der Waals surface area contributed by atoms with Gasteiger partial charge in [-0.3, -0.25) is 4.90 Å². The van der Waals surface area contributed by atoms with Crippen LogP contribution in [0.4, 0.5) is 0 Å². The van der Waals surface area contributed by atoms with E-state index in [2.05, 4.69) is 25.7 Å². The highest BCUT2D eigenvalue weighted by Gasteiger charge is 2.26. The van der Waals surface area contributed by atoms with Gasteiger partial charge in [-0.2, -0.15) is 0 Å². The third-order valence-corrected chi connectivity index (χ3v) is 3.21. The van der Waals surface area contributed by atoms with E-state index in [1.165, 1.54) is 0 Å². The molecule has 0 aliphatic heterocycles. The van der Waals surface area contributed by atoms with Crippen LogP contribution >= 0.6 is 0 Å². The Labute approximate surface area is 111 Å². The summed E-state index contributed by atoms with van der Waals surface area (Å²) in [5.41, 5.74) is 7.30. The number of phenolic OH excluding ortho intramolecular Hbond substituents is 1. The van der Waals surface area contributed by atoms with Crippen molar-refractivity contribution in [2.75, 3.05) is 13.1 Å². The van der Waals surface area contributed by atoms with Crippen LogP contribution in [-0.4, -0.2) is 28.8 Å². The van der Waals surface area contributed by atoms with Crippen LogP contribution < -0.4 is 5.73 Å². The van der Waals surface area contributed by atoms with E-state index in [4.69, 9.17) is 5.73 Å². The first-order valence-electron chi connectivity index (χ1n) is 6.81. The fourth-order valence-electron chi connectivity index (χ4n) is 2.30. The van der Waals surface area contributed by atoms with E-state index < -0.39 is 0 Å². The number of nitrogens with zero attached hydrogens (tertiary/aromatic N) is 1. The molecule has 3 nitrogen and oxygen atoms in total. The fraction of sp³-hybridized carbons (Fsp3) is 0.600. The van der Waals surface area contributed by atoms with E-state index in [1.807, 2.05) is 12.1 Å². The largest absolute Gasteiger partial charge is 0.508 e. The summed E-state index contributed by atoms with van der Waals surface area (Å²) in [7, 11) is 0. The molecule has 1 rings (SSSR count). The number of benzene rings is 1. The highest BCUT2D eigenvalue weighted by atomic mass is 16.3. The van der Waals surface area contributed by atoms with Crippen molar-refractivity contribution in [2.45, 2.75) is 45.7 Å². The van der Waals surface area contributed by atoms with Crippen molar-refractivity contribution in [2.24, 2.45) is 5.73 Å². The zero-order chi connectivity index (χ0) is 13.6. The van der Waals surface area contributed by atoms with Crippen LogP contribution in [0, 0.1) is 0 Å². The first kappa shape index (κ1) is 15.0. The van der Waals surface area contributed by atoms with Crippen LogP contribution in [0.1, 0.15) is 39.2 Å². The minimum atomic E-state index is -0.330. The number of hydrogen-bond acceptors (Lipinski definition) is 3. The van der Waals surface area contributed by atoms with Crippen molar-refractivity contribution in [1.82, 2.24) is 4.90 Å². The summed E-state index contributed by atoms with van der Waals surface area (Å²) in [6.45, 7) is 8.50. The third-order valence-electron chi connectivity index (χ3n) is 3.21. The number of aromatic hydroxyl groups is 1. The fourth-order valence-corrected chi connectivity index (χ4v) is 2.30. The second-order valence-corrected chi connectivity index (χ2v) is 5.19. The molecule has 0 fully saturated rings. The summed E-state index contributed by atoms with van der Waals surface area (Å²) < 4.78 is 0. The average Bonchev–Trinajstić information content (AvgIpc) is 2.32. The molecular formula is C15H26N2O. The summed E-state index contributed by atoms with van der Waals surface area (Å²) in [5, 5.41) is 9.29. The van der Waals surface area contributed by atoms with E-state index in [0.717, 1.165) is 37.9 Å². The van der Waals surface area contributed by atoms with E-state index in [0.29, 0.717) is 5.75 Å². The second-order valence-electron chi connectivity index (χ2n) is 5.19. The third kappa shape index (κ3) is 4.31. The lowest BCUT2D eigenvalue weighted by Gasteiger charge is -2.38. The number of rotatable bonds is 7. The van der Waals surface area contributed by atoms with Gasteiger partial charge in [0.25, 0.3) is 0 Å². The van der Waals surface area contributed by atoms with Gasteiger partial charge < -0.3 is 10.8 Å². The van der Waals surface area contributed by atoms with Crippen molar-refractivity contribution >= 4 is 0 Å². The molecule has 0 heterocycles. The molecule has 3 N–H and O–H groups in total. The van der Waals surface area contributed by atoms with Crippen LogP contribution in [0.5, 0.6) is 5.75 Å². The summed E-state index contributed by atoms with van der Waals surface area (Å²) in [6.07, 6.45) is 3.03. The van der Waals surface area contributed by atoms with Gasteiger partial charge in [-0.25, -0.2) is 0 Å². The number of hydrogen-bond donors (Lipinski definition) is 2. The standard InChI is InChI=1S/C15H26N2O/c1-4-10-17(11-5-2)15(3,16)12-13-6-8-14(18)9-7-13/h6-9,18H,4-5,10-12,16H2,1-3H3. The lowest BCUT2D eigenvalue weighted by molar-refractivity contribution is 0.108. The minimum Gasteiger partial charge on any atom is -0.508 e. The maximum atomic E-state index is 9.29. The van der Waals surface area contributed by atoms with Gasteiger partial charge in [0.15, 0.2) is 0 Å². The van der Waals surface area contributed by atoms with Crippen molar-refractivity contribution in [3.63, 3.8) is 0 Å². The van der Waals surface area contributed by atoms with E-state index in [1.54, 1.807) is 12.1 Å². The molecule has 18 heavy (non-hydrogen) atoms. The lowest BCUT2D eigenvalue weighted by atomic mass is 9.99. The van der Waals surface area contributed by atoms with Gasteiger partial charge in [0.05, 0.1) is 5.66 Å². The van der Waals surface area contributed by atoms with Crippen LogP contribution in [0.3, 0.4) is 0 Å². The molecule has 1 aromatic rings. The second kappa shape index (κ2) is 6.76. The molecule has 0 aliphatic carbocycles. The lowest BCUT2D eigenvalue weighted by Crippen LogP contribution is -2.55. The van der Waals surface area contributed by atoms with Gasteiger partial charge in [0, 0.05) is 6.42 Å². The van der Waals surface area contributed by atoms with E-state index in [-0.39, 0.29) is 5.66 Å². The molecule has 1 atom stereocenters. The predicted octanol–water partition coefficient (Wildman–Crippen LogP) is 2.73. The first-order chi connectivity index (χ1) is 8.49. The van der Waals surface area contributed by atoms with E-state index in [9.17, 15) is 5.11 Å². The van der Waals surface area contributed by atoms with E-state index >= 15 is 0 Å². The molecule has 3 heteroatoms. The number of phenols is 1. The van der Waals surface area contributed by atoms with Crippen LogP contribution in [0.2, 0.25) is 0 Å². The molecule has 0 aliphatic rings. The smallest absolute Gasteiger partial charge is 0.115 e. The van der Waals surface area contributed by atoms with Gasteiger partial charge in [0.1, 0.15) is 5.75 Å². The van der Waals surface area contributed by atoms with Gasteiger partial charge >= 0.3 is 0 Å². The monoisotopic (exact) mass is 250 g/mol. The SMILES string of the molecule is CCCN(CCC)C(C)(N)Cc1ccc(O)cc1. The summed E-state index contributed by atoms with van der Waals surface area (Å²) in [6, 6.07) is 7.32. The normalized spacial score (nSPS) is 14.7. The average molecular weight is 250 g/mol. The Balaban J connectivity index is 2.74. The molecule has 0 amide bonds. The van der Waals surface area contributed by atoms with Crippen LogP contribution in [0.15, 0.2) is 24.3 Å². The topological polar surface area (TPSA) is 49.5 Å². The maximum Gasteiger partial charge on any atom is 0.115 e. The van der Waals surface area contributed by atoms with Crippen molar-refractivity contribution < 1.29 is 5.11 Å². The maximum absolute atomic E-state index is 9.29. The van der Waals surface area contributed by atoms with Crippen LogP contribution in [0.25, 0.3) is 0 Å². The molecule has 0 spiro atoms. The van der Waals surface area contributed by atoms with Gasteiger partial charge in [0.2, 0.25) is 0 Å². The summed E-state index contributed by atoms with van der Waals surface area (Å²) in [5.74, 6) is 0.302. The van der Waals surface area contributed by atoms with Crippen LogP contribution in [-0.2, 0) is 6.42 Å². The zero-order valence-electron chi connectivity index (χ0n) is 11.8. The summed E-state index contributed by atoms with van der Waals surface area (Å²) >= 11 is 0. The molecule has 1 unspecified atom stereocenters. The Kier molecular flexibility index (Phi) is 5.63. The molecular weight excluding hydrogens is 224 g/mol. The van der Waals surface area contributed by atoms with Crippen molar-refractivity contribution in [1.29, 1.82) is 0 Å². The Morgan fingerprint density at radius 3 is 2.06 bits per heavy atom. The molecule has 0 radical (unpaired) electrons. The highest BCUT2D eigenvalue weighted by Crippen LogP contribution is 2.18. The zero-order valence-corrected chi connectivity index (χ0v) is 11.8. The quantitative estimate of drug-likeness (QED) is 0.732. The minimum absolute atomic E-state index is 0.302. The van der Waals surface area contributed by atoms with Crippen molar-refractivity contribution in [3.05, 3.63) is 29.8 Å². The van der Waals surface area contributed by atoms with Gasteiger partial charge in [-0.1, -0.05) is 26.0 Å². The molecule has 0 bridgehead atoms. The Morgan fingerprint density at radius 2 is 1.61 bits per heavy atom. The molecule has 1 aromatic carbocycles. The molecule has 0 saturated carbocycles. The molecule has 0 saturated heterocycles. The Hall–Kier alpha value is -1.06. The van der Waals surface area contributed by atoms with Crippen molar-refractivity contribution in [3.8, 4) is 5.75 Å². The Morgan fingerprint density at radius 1 is 1.11 bits per heavy atom. The first-order valence-corrected chi connectivity index (χ1v) is 6.81.